The molecule has 0 aliphatic carbocycles. The summed E-state index contributed by atoms with van der Waals surface area (Å²) in [4.78, 5) is 2.55. The third kappa shape index (κ3) is 4.35. The van der Waals surface area contributed by atoms with Crippen molar-refractivity contribution in [3.63, 3.8) is 0 Å². The van der Waals surface area contributed by atoms with Gasteiger partial charge < -0.3 is 0 Å². The molecule has 1 aliphatic rings. The molecule has 0 radical (unpaired) electrons. The topological polar surface area (TPSA) is 3.24 Å². The van der Waals surface area contributed by atoms with Crippen LogP contribution >= 0.6 is 0 Å². The smallest absolute Gasteiger partial charge is 0.134 e. The fourth-order valence-corrected chi connectivity index (χ4v) is 4.04. The standard InChI is InChI=1S/C24H32FN/c1-17(2)20-12-14-26(15-13-20)16-19-8-10-21(11-9-19)23-7-5-6-22(18(3)4)24(23)25/h5-11,17-18,20H,12-16H2,1-4H3. The number of hydrogen-bond donors (Lipinski definition) is 0. The lowest BCUT2D eigenvalue weighted by Gasteiger charge is -2.33. The van der Waals surface area contributed by atoms with Crippen molar-refractivity contribution >= 4 is 0 Å². The molecule has 0 bridgehead atoms. The molecule has 0 atom stereocenters. The third-order valence-electron chi connectivity index (χ3n) is 5.90. The van der Waals surface area contributed by atoms with Gasteiger partial charge in [-0.3, -0.25) is 4.90 Å². The zero-order valence-corrected chi connectivity index (χ0v) is 16.6. The Morgan fingerprint density at radius 2 is 1.62 bits per heavy atom. The first-order valence-corrected chi connectivity index (χ1v) is 10.1. The Morgan fingerprint density at radius 3 is 2.19 bits per heavy atom. The first-order valence-electron chi connectivity index (χ1n) is 10.1. The molecule has 1 aliphatic heterocycles. The molecule has 3 rings (SSSR count). The summed E-state index contributed by atoms with van der Waals surface area (Å²) in [5.41, 5.74) is 3.78. The maximum Gasteiger partial charge on any atom is 0.134 e. The Labute approximate surface area is 158 Å². The summed E-state index contributed by atoms with van der Waals surface area (Å²) in [5.74, 6) is 1.80. The maximum atomic E-state index is 14.8. The van der Waals surface area contributed by atoms with Crippen LogP contribution in [-0.4, -0.2) is 18.0 Å². The minimum Gasteiger partial charge on any atom is -0.299 e. The molecular weight excluding hydrogens is 321 g/mol. The van der Waals surface area contributed by atoms with E-state index in [1.54, 1.807) is 0 Å². The molecule has 0 aromatic heterocycles. The Balaban J connectivity index is 1.67. The van der Waals surface area contributed by atoms with Gasteiger partial charge in [-0.05, 0) is 60.4 Å². The van der Waals surface area contributed by atoms with E-state index in [0.717, 1.165) is 29.5 Å². The summed E-state index contributed by atoms with van der Waals surface area (Å²) in [6, 6.07) is 14.2. The van der Waals surface area contributed by atoms with Gasteiger partial charge in [-0.25, -0.2) is 4.39 Å². The molecule has 26 heavy (non-hydrogen) atoms. The number of piperidine rings is 1. The second kappa shape index (κ2) is 8.35. The van der Waals surface area contributed by atoms with E-state index in [0.29, 0.717) is 5.56 Å². The summed E-state index contributed by atoms with van der Waals surface area (Å²) in [6.45, 7) is 12.1. The van der Waals surface area contributed by atoms with E-state index in [1.165, 1.54) is 31.5 Å². The highest BCUT2D eigenvalue weighted by Crippen LogP contribution is 2.29. The highest BCUT2D eigenvalue weighted by molar-refractivity contribution is 5.65. The first kappa shape index (κ1) is 19.1. The van der Waals surface area contributed by atoms with Crippen molar-refractivity contribution in [1.82, 2.24) is 4.90 Å². The van der Waals surface area contributed by atoms with E-state index in [9.17, 15) is 4.39 Å². The van der Waals surface area contributed by atoms with Gasteiger partial charge in [0.15, 0.2) is 0 Å². The quantitative estimate of drug-likeness (QED) is 0.594. The van der Waals surface area contributed by atoms with Gasteiger partial charge in [0.2, 0.25) is 0 Å². The van der Waals surface area contributed by atoms with Gasteiger partial charge in [0.25, 0.3) is 0 Å². The zero-order chi connectivity index (χ0) is 18.7. The Hall–Kier alpha value is -1.67. The molecule has 2 aromatic rings. The van der Waals surface area contributed by atoms with E-state index >= 15 is 0 Å². The van der Waals surface area contributed by atoms with Crippen molar-refractivity contribution in [2.45, 2.75) is 53.0 Å². The van der Waals surface area contributed by atoms with Gasteiger partial charge in [-0.1, -0.05) is 70.2 Å². The van der Waals surface area contributed by atoms with Crippen molar-refractivity contribution in [1.29, 1.82) is 0 Å². The van der Waals surface area contributed by atoms with Crippen LogP contribution in [0.15, 0.2) is 42.5 Å². The molecule has 1 fully saturated rings. The SMILES string of the molecule is CC(C)c1cccc(-c2ccc(CN3CCC(C(C)C)CC3)cc2)c1F. The average molecular weight is 354 g/mol. The molecule has 0 N–H and O–H groups in total. The minimum absolute atomic E-state index is 0.0778. The lowest BCUT2D eigenvalue weighted by Crippen LogP contribution is -2.34. The molecule has 140 valence electrons. The molecule has 1 heterocycles. The lowest BCUT2D eigenvalue weighted by molar-refractivity contribution is 0.152. The number of rotatable bonds is 5. The highest BCUT2D eigenvalue weighted by Gasteiger charge is 2.21. The third-order valence-corrected chi connectivity index (χ3v) is 5.90. The van der Waals surface area contributed by atoms with Crippen LogP contribution in [0.2, 0.25) is 0 Å². The molecule has 0 spiro atoms. The van der Waals surface area contributed by atoms with Crippen LogP contribution in [-0.2, 0) is 6.54 Å². The van der Waals surface area contributed by atoms with Crippen LogP contribution in [0, 0.1) is 17.7 Å². The number of benzene rings is 2. The minimum atomic E-state index is -0.0778. The second-order valence-corrected chi connectivity index (χ2v) is 8.42. The predicted octanol–water partition coefficient (Wildman–Crippen LogP) is 6.48. The van der Waals surface area contributed by atoms with Crippen molar-refractivity contribution in [3.05, 3.63) is 59.4 Å². The predicted molar refractivity (Wildman–Crippen MR) is 109 cm³/mol. The van der Waals surface area contributed by atoms with Gasteiger partial charge in [-0.2, -0.15) is 0 Å². The van der Waals surface area contributed by atoms with E-state index in [2.05, 4.69) is 43.0 Å². The van der Waals surface area contributed by atoms with Crippen LogP contribution in [0.3, 0.4) is 0 Å². The number of hydrogen-bond acceptors (Lipinski definition) is 1. The van der Waals surface area contributed by atoms with Crippen LogP contribution in [0.5, 0.6) is 0 Å². The normalized spacial score (nSPS) is 16.6. The van der Waals surface area contributed by atoms with Gasteiger partial charge in [-0.15, -0.1) is 0 Å². The molecule has 0 saturated carbocycles. The molecular formula is C24H32FN. The van der Waals surface area contributed by atoms with E-state index in [-0.39, 0.29) is 11.7 Å². The molecule has 0 unspecified atom stereocenters. The van der Waals surface area contributed by atoms with Crippen molar-refractivity contribution < 1.29 is 4.39 Å². The van der Waals surface area contributed by atoms with Crippen molar-refractivity contribution in [2.75, 3.05) is 13.1 Å². The number of halogens is 1. The summed E-state index contributed by atoms with van der Waals surface area (Å²) in [7, 11) is 0. The fraction of sp³-hybridized carbons (Fsp3) is 0.500. The molecule has 0 amide bonds. The Bertz CT molecular complexity index is 709. The van der Waals surface area contributed by atoms with E-state index in [1.807, 2.05) is 32.0 Å². The van der Waals surface area contributed by atoms with Crippen molar-refractivity contribution in [2.24, 2.45) is 11.8 Å². The largest absolute Gasteiger partial charge is 0.299 e. The van der Waals surface area contributed by atoms with Crippen LogP contribution in [0.1, 0.15) is 57.6 Å². The Kier molecular flexibility index (Phi) is 6.13. The van der Waals surface area contributed by atoms with Crippen LogP contribution < -0.4 is 0 Å². The van der Waals surface area contributed by atoms with Crippen LogP contribution in [0.25, 0.3) is 11.1 Å². The summed E-state index contributed by atoms with van der Waals surface area (Å²) in [5, 5.41) is 0. The monoisotopic (exact) mass is 353 g/mol. The van der Waals surface area contributed by atoms with Crippen molar-refractivity contribution in [3.8, 4) is 11.1 Å². The average Bonchev–Trinajstić information content (AvgIpc) is 2.63. The van der Waals surface area contributed by atoms with Gasteiger partial charge in [0.1, 0.15) is 5.82 Å². The summed E-state index contributed by atoms with van der Waals surface area (Å²) >= 11 is 0. The second-order valence-electron chi connectivity index (χ2n) is 8.42. The number of nitrogens with zero attached hydrogens (tertiary/aromatic N) is 1. The summed E-state index contributed by atoms with van der Waals surface area (Å²) < 4.78 is 14.8. The number of likely N-dealkylation sites (tertiary alicyclic amines) is 1. The Morgan fingerprint density at radius 1 is 0.962 bits per heavy atom. The molecule has 2 heteroatoms. The fourth-order valence-electron chi connectivity index (χ4n) is 4.04. The summed E-state index contributed by atoms with van der Waals surface area (Å²) in [6.07, 6.45) is 2.62. The van der Waals surface area contributed by atoms with Gasteiger partial charge in [0.05, 0.1) is 0 Å². The van der Waals surface area contributed by atoms with Crippen LogP contribution in [0.4, 0.5) is 4.39 Å². The highest BCUT2D eigenvalue weighted by atomic mass is 19.1. The van der Waals surface area contributed by atoms with E-state index in [4.69, 9.17) is 0 Å². The lowest BCUT2D eigenvalue weighted by atomic mass is 9.86. The van der Waals surface area contributed by atoms with Gasteiger partial charge >= 0.3 is 0 Å². The molecule has 1 nitrogen and oxygen atoms in total. The molecule has 1 saturated heterocycles. The molecule has 2 aromatic carbocycles. The first-order chi connectivity index (χ1) is 12.5. The van der Waals surface area contributed by atoms with E-state index < -0.39 is 0 Å². The van der Waals surface area contributed by atoms with Gasteiger partial charge in [0, 0.05) is 12.1 Å². The zero-order valence-electron chi connectivity index (χ0n) is 16.6. The maximum absolute atomic E-state index is 14.8.